The Morgan fingerprint density at radius 2 is 1.78 bits per heavy atom. The minimum atomic E-state index is 0.626. The Hall–Kier alpha value is -0.990. The van der Waals surface area contributed by atoms with E-state index in [0.29, 0.717) is 21.7 Å². The molecule has 92 valence electrons. The summed E-state index contributed by atoms with van der Waals surface area (Å²) in [4.78, 5) is 9.16. The number of halogens is 2. The smallest absolute Gasteiger partial charge is 0.107 e. The summed E-state index contributed by atoms with van der Waals surface area (Å²) in [6, 6.07) is 4.23. The molecule has 0 radical (unpaired) electrons. The SMILES string of the molecule is Cc1cc2nc(CBr)c(CBr)nc2c(C#N)c1C. The second-order valence-electron chi connectivity index (χ2n) is 4.06. The highest BCUT2D eigenvalue weighted by Crippen LogP contribution is 2.24. The van der Waals surface area contributed by atoms with Crippen molar-refractivity contribution in [1.29, 1.82) is 5.26 Å². The lowest BCUT2D eigenvalue weighted by molar-refractivity contribution is 1.07. The molecule has 1 aromatic carbocycles. The summed E-state index contributed by atoms with van der Waals surface area (Å²) in [6.07, 6.45) is 0. The van der Waals surface area contributed by atoms with E-state index in [1.165, 1.54) is 0 Å². The van der Waals surface area contributed by atoms with Crippen molar-refractivity contribution in [3.63, 3.8) is 0 Å². The molecule has 2 aromatic rings. The number of nitrogens with zero attached hydrogens (tertiary/aromatic N) is 3. The van der Waals surface area contributed by atoms with E-state index in [0.717, 1.165) is 28.0 Å². The van der Waals surface area contributed by atoms with Gasteiger partial charge in [0.15, 0.2) is 0 Å². The highest BCUT2D eigenvalue weighted by Gasteiger charge is 2.13. The maximum Gasteiger partial charge on any atom is 0.107 e. The average molecular weight is 369 g/mol. The summed E-state index contributed by atoms with van der Waals surface area (Å²) >= 11 is 6.82. The summed E-state index contributed by atoms with van der Waals surface area (Å²) in [7, 11) is 0. The lowest BCUT2D eigenvalue weighted by atomic mass is 10.0. The zero-order valence-electron chi connectivity index (χ0n) is 10.1. The van der Waals surface area contributed by atoms with E-state index in [4.69, 9.17) is 0 Å². The zero-order chi connectivity index (χ0) is 13.3. The quantitative estimate of drug-likeness (QED) is 0.755. The molecule has 0 amide bonds. The number of aromatic nitrogens is 2. The molecule has 0 aliphatic carbocycles. The minimum Gasteiger partial charge on any atom is -0.248 e. The maximum atomic E-state index is 9.29. The number of alkyl halides is 2. The molecule has 3 nitrogen and oxygen atoms in total. The Balaban J connectivity index is 2.90. The molecule has 0 unspecified atom stereocenters. The first-order valence-electron chi connectivity index (χ1n) is 5.44. The zero-order valence-corrected chi connectivity index (χ0v) is 13.3. The van der Waals surface area contributed by atoms with Gasteiger partial charge in [-0.25, -0.2) is 9.97 Å². The minimum absolute atomic E-state index is 0.626. The van der Waals surface area contributed by atoms with Gasteiger partial charge >= 0.3 is 0 Å². The molecule has 0 bridgehead atoms. The van der Waals surface area contributed by atoms with Crippen molar-refractivity contribution in [3.05, 3.63) is 34.1 Å². The van der Waals surface area contributed by atoms with Gasteiger partial charge in [-0.3, -0.25) is 0 Å². The summed E-state index contributed by atoms with van der Waals surface area (Å²) in [5.74, 6) is 0. The van der Waals surface area contributed by atoms with Crippen molar-refractivity contribution in [2.45, 2.75) is 24.5 Å². The molecular weight excluding hydrogens is 358 g/mol. The predicted octanol–water partition coefficient (Wildman–Crippen LogP) is 3.91. The Kier molecular flexibility index (Phi) is 3.98. The standard InChI is InChI=1S/C13H11Br2N3/c1-7-3-10-13(9(6-16)8(7)2)18-12(5-15)11(4-14)17-10/h3H,4-5H2,1-2H3. The third kappa shape index (κ3) is 2.15. The van der Waals surface area contributed by atoms with E-state index in [1.54, 1.807) is 0 Å². The second kappa shape index (κ2) is 5.33. The summed E-state index contributed by atoms with van der Waals surface area (Å²) in [5, 5.41) is 10.6. The Labute approximate surface area is 123 Å². The molecule has 18 heavy (non-hydrogen) atoms. The van der Waals surface area contributed by atoms with Gasteiger partial charge in [-0.15, -0.1) is 0 Å². The number of aryl methyl sites for hydroxylation is 1. The molecule has 0 aliphatic rings. The van der Waals surface area contributed by atoms with Crippen LogP contribution in [0.25, 0.3) is 11.0 Å². The molecule has 1 heterocycles. The molecule has 0 saturated carbocycles. The molecular formula is C13H11Br2N3. The lowest BCUT2D eigenvalue weighted by Gasteiger charge is -2.10. The lowest BCUT2D eigenvalue weighted by Crippen LogP contribution is -2.02. The monoisotopic (exact) mass is 367 g/mol. The molecule has 0 saturated heterocycles. The maximum absolute atomic E-state index is 9.29. The molecule has 0 fully saturated rings. The van der Waals surface area contributed by atoms with Gasteiger partial charge in [0.2, 0.25) is 0 Å². The van der Waals surface area contributed by atoms with Crippen LogP contribution in [0, 0.1) is 25.2 Å². The van der Waals surface area contributed by atoms with E-state index in [2.05, 4.69) is 47.9 Å². The van der Waals surface area contributed by atoms with Crippen molar-refractivity contribution in [1.82, 2.24) is 9.97 Å². The van der Waals surface area contributed by atoms with Gasteiger partial charge in [0.25, 0.3) is 0 Å². The van der Waals surface area contributed by atoms with Gasteiger partial charge in [-0.1, -0.05) is 31.9 Å². The summed E-state index contributed by atoms with van der Waals surface area (Å²) in [5.41, 5.74) is 5.94. The fourth-order valence-corrected chi connectivity index (χ4v) is 2.74. The first-order valence-corrected chi connectivity index (χ1v) is 7.68. The van der Waals surface area contributed by atoms with Crippen molar-refractivity contribution >= 4 is 42.9 Å². The van der Waals surface area contributed by atoms with Gasteiger partial charge in [-0.2, -0.15) is 5.26 Å². The number of nitriles is 1. The van der Waals surface area contributed by atoms with E-state index >= 15 is 0 Å². The fourth-order valence-electron chi connectivity index (χ4n) is 1.84. The molecule has 0 aliphatic heterocycles. The van der Waals surface area contributed by atoms with Crippen LogP contribution in [0.4, 0.5) is 0 Å². The number of hydrogen-bond donors (Lipinski definition) is 0. The van der Waals surface area contributed by atoms with Gasteiger partial charge in [-0.05, 0) is 31.0 Å². The van der Waals surface area contributed by atoms with Crippen molar-refractivity contribution in [2.24, 2.45) is 0 Å². The van der Waals surface area contributed by atoms with Crippen LogP contribution in [0.15, 0.2) is 6.07 Å². The normalized spacial score (nSPS) is 10.6. The number of benzene rings is 1. The van der Waals surface area contributed by atoms with Crippen LogP contribution in [0.3, 0.4) is 0 Å². The van der Waals surface area contributed by atoms with Gasteiger partial charge in [0.05, 0.1) is 22.5 Å². The molecule has 2 rings (SSSR count). The summed E-state index contributed by atoms with van der Waals surface area (Å²) in [6.45, 7) is 3.94. The highest BCUT2D eigenvalue weighted by molar-refractivity contribution is 9.09. The van der Waals surface area contributed by atoms with E-state index < -0.39 is 0 Å². The largest absolute Gasteiger partial charge is 0.248 e. The Morgan fingerprint density at radius 3 is 2.33 bits per heavy atom. The first-order chi connectivity index (χ1) is 8.62. The van der Waals surface area contributed by atoms with E-state index in [1.807, 2.05) is 19.9 Å². The topological polar surface area (TPSA) is 49.6 Å². The Morgan fingerprint density at radius 1 is 1.17 bits per heavy atom. The third-order valence-electron chi connectivity index (χ3n) is 3.00. The first kappa shape index (κ1) is 13.4. The van der Waals surface area contributed by atoms with Crippen LogP contribution in [-0.4, -0.2) is 9.97 Å². The van der Waals surface area contributed by atoms with Crippen LogP contribution >= 0.6 is 31.9 Å². The fraction of sp³-hybridized carbons (Fsp3) is 0.308. The number of hydrogen-bond acceptors (Lipinski definition) is 3. The summed E-state index contributed by atoms with van der Waals surface area (Å²) < 4.78 is 0. The average Bonchev–Trinajstić information content (AvgIpc) is 2.39. The van der Waals surface area contributed by atoms with Crippen LogP contribution in [0.2, 0.25) is 0 Å². The third-order valence-corrected chi connectivity index (χ3v) is 4.06. The number of rotatable bonds is 2. The van der Waals surface area contributed by atoms with Crippen LogP contribution in [-0.2, 0) is 10.7 Å². The molecule has 0 atom stereocenters. The molecule has 5 heteroatoms. The van der Waals surface area contributed by atoms with Crippen molar-refractivity contribution < 1.29 is 0 Å². The molecule has 1 aromatic heterocycles. The van der Waals surface area contributed by atoms with Crippen LogP contribution in [0.1, 0.15) is 28.1 Å². The van der Waals surface area contributed by atoms with Gasteiger partial charge in [0.1, 0.15) is 11.6 Å². The van der Waals surface area contributed by atoms with Crippen molar-refractivity contribution in [3.8, 4) is 6.07 Å². The van der Waals surface area contributed by atoms with Crippen LogP contribution < -0.4 is 0 Å². The van der Waals surface area contributed by atoms with Crippen LogP contribution in [0.5, 0.6) is 0 Å². The number of fused-ring (bicyclic) bond motifs is 1. The predicted molar refractivity (Wildman–Crippen MR) is 79.0 cm³/mol. The van der Waals surface area contributed by atoms with Crippen molar-refractivity contribution in [2.75, 3.05) is 0 Å². The second-order valence-corrected chi connectivity index (χ2v) is 5.18. The van der Waals surface area contributed by atoms with Gasteiger partial charge in [0, 0.05) is 10.7 Å². The molecule has 0 N–H and O–H groups in total. The van der Waals surface area contributed by atoms with E-state index in [9.17, 15) is 5.26 Å². The van der Waals surface area contributed by atoms with E-state index in [-0.39, 0.29) is 0 Å². The Bertz CT molecular complexity index is 660. The van der Waals surface area contributed by atoms with Gasteiger partial charge < -0.3 is 0 Å². The highest BCUT2D eigenvalue weighted by atomic mass is 79.9. The molecule has 0 spiro atoms.